The molecule has 0 fully saturated rings. The summed E-state index contributed by atoms with van der Waals surface area (Å²) in [6.07, 6.45) is 4.68. The summed E-state index contributed by atoms with van der Waals surface area (Å²) in [7, 11) is 0. The first-order chi connectivity index (χ1) is 5.84. The van der Waals surface area contributed by atoms with Crippen LogP contribution in [0.2, 0.25) is 0 Å². The van der Waals surface area contributed by atoms with E-state index in [9.17, 15) is 0 Å². The molecule has 0 saturated heterocycles. The van der Waals surface area contributed by atoms with Crippen LogP contribution in [0.15, 0.2) is 18.5 Å². The summed E-state index contributed by atoms with van der Waals surface area (Å²) < 4.78 is 0. The third-order valence-corrected chi connectivity index (χ3v) is 1.81. The lowest BCUT2D eigenvalue weighted by Gasteiger charge is -2.11. The van der Waals surface area contributed by atoms with E-state index in [0.29, 0.717) is 6.04 Å². The number of nitrogens with one attached hydrogen (secondary N) is 1. The molecule has 0 saturated carbocycles. The standard InChI is InChI=1S/C9H15N3/c1-3-5-10-8(2)9-4-6-11-12-7-9/h4,6-8,10H,3,5H2,1-2H3. The zero-order chi connectivity index (χ0) is 8.81. The number of rotatable bonds is 4. The second kappa shape index (κ2) is 4.83. The van der Waals surface area contributed by atoms with E-state index >= 15 is 0 Å². The van der Waals surface area contributed by atoms with E-state index in [-0.39, 0.29) is 0 Å². The van der Waals surface area contributed by atoms with Crippen molar-refractivity contribution >= 4 is 0 Å². The van der Waals surface area contributed by atoms with Crippen molar-refractivity contribution < 1.29 is 0 Å². The van der Waals surface area contributed by atoms with E-state index in [0.717, 1.165) is 13.0 Å². The van der Waals surface area contributed by atoms with Crippen LogP contribution >= 0.6 is 0 Å². The molecule has 0 aliphatic heterocycles. The van der Waals surface area contributed by atoms with Crippen molar-refractivity contribution in [1.82, 2.24) is 15.5 Å². The van der Waals surface area contributed by atoms with E-state index in [4.69, 9.17) is 0 Å². The lowest BCUT2D eigenvalue weighted by atomic mass is 10.1. The van der Waals surface area contributed by atoms with Gasteiger partial charge < -0.3 is 5.32 Å². The van der Waals surface area contributed by atoms with Crippen LogP contribution in [0.1, 0.15) is 31.9 Å². The zero-order valence-electron chi connectivity index (χ0n) is 7.62. The van der Waals surface area contributed by atoms with Gasteiger partial charge in [0.25, 0.3) is 0 Å². The predicted octanol–water partition coefficient (Wildman–Crippen LogP) is 1.54. The van der Waals surface area contributed by atoms with Crippen molar-refractivity contribution in [2.75, 3.05) is 6.54 Å². The summed E-state index contributed by atoms with van der Waals surface area (Å²) in [5.74, 6) is 0. The van der Waals surface area contributed by atoms with E-state index in [2.05, 4.69) is 29.4 Å². The van der Waals surface area contributed by atoms with Gasteiger partial charge in [-0.05, 0) is 31.5 Å². The fourth-order valence-corrected chi connectivity index (χ4v) is 1.04. The normalized spacial score (nSPS) is 12.8. The molecule has 3 nitrogen and oxygen atoms in total. The molecule has 0 spiro atoms. The SMILES string of the molecule is CCCNC(C)c1ccnnc1. The Labute approximate surface area is 73.2 Å². The molecule has 1 N–H and O–H groups in total. The van der Waals surface area contributed by atoms with Gasteiger partial charge in [-0.3, -0.25) is 0 Å². The topological polar surface area (TPSA) is 37.8 Å². The highest BCUT2D eigenvalue weighted by Gasteiger charge is 2.02. The van der Waals surface area contributed by atoms with Gasteiger partial charge in [-0.15, -0.1) is 0 Å². The van der Waals surface area contributed by atoms with Crippen LogP contribution in [-0.4, -0.2) is 16.7 Å². The fourth-order valence-electron chi connectivity index (χ4n) is 1.04. The summed E-state index contributed by atoms with van der Waals surface area (Å²) in [5.41, 5.74) is 1.19. The van der Waals surface area contributed by atoms with Crippen LogP contribution in [0.4, 0.5) is 0 Å². The largest absolute Gasteiger partial charge is 0.310 e. The number of nitrogens with zero attached hydrogens (tertiary/aromatic N) is 2. The Morgan fingerprint density at radius 1 is 1.50 bits per heavy atom. The van der Waals surface area contributed by atoms with Gasteiger partial charge in [0.2, 0.25) is 0 Å². The van der Waals surface area contributed by atoms with Crippen LogP contribution in [0.25, 0.3) is 0 Å². The first kappa shape index (κ1) is 9.13. The van der Waals surface area contributed by atoms with Crippen molar-refractivity contribution in [3.8, 4) is 0 Å². The molecule has 1 rings (SSSR count). The highest BCUT2D eigenvalue weighted by molar-refractivity contribution is 5.09. The van der Waals surface area contributed by atoms with Crippen LogP contribution in [-0.2, 0) is 0 Å². The average Bonchev–Trinajstić information content (AvgIpc) is 2.15. The van der Waals surface area contributed by atoms with Crippen molar-refractivity contribution in [3.63, 3.8) is 0 Å². The van der Waals surface area contributed by atoms with E-state index < -0.39 is 0 Å². The minimum atomic E-state index is 0.375. The summed E-state index contributed by atoms with van der Waals surface area (Å²) in [4.78, 5) is 0. The monoisotopic (exact) mass is 165 g/mol. The molecule has 1 aromatic heterocycles. The van der Waals surface area contributed by atoms with Crippen molar-refractivity contribution in [3.05, 3.63) is 24.0 Å². The Morgan fingerprint density at radius 3 is 2.92 bits per heavy atom. The van der Waals surface area contributed by atoms with Gasteiger partial charge in [0.05, 0.1) is 6.20 Å². The molecular formula is C9H15N3. The van der Waals surface area contributed by atoms with Gasteiger partial charge in [0.1, 0.15) is 0 Å². The molecule has 1 atom stereocenters. The highest BCUT2D eigenvalue weighted by atomic mass is 15.1. The first-order valence-corrected chi connectivity index (χ1v) is 4.34. The fraction of sp³-hybridized carbons (Fsp3) is 0.556. The Kier molecular flexibility index (Phi) is 3.67. The van der Waals surface area contributed by atoms with Crippen LogP contribution in [0.5, 0.6) is 0 Å². The molecule has 1 unspecified atom stereocenters. The second-order valence-corrected chi connectivity index (χ2v) is 2.85. The predicted molar refractivity (Wildman–Crippen MR) is 48.7 cm³/mol. The highest BCUT2D eigenvalue weighted by Crippen LogP contribution is 2.08. The summed E-state index contributed by atoms with van der Waals surface area (Å²) >= 11 is 0. The Hall–Kier alpha value is -0.960. The number of hydrogen-bond donors (Lipinski definition) is 1. The molecule has 12 heavy (non-hydrogen) atoms. The smallest absolute Gasteiger partial charge is 0.0543 e. The van der Waals surface area contributed by atoms with Gasteiger partial charge in [-0.1, -0.05) is 6.92 Å². The second-order valence-electron chi connectivity index (χ2n) is 2.85. The molecule has 0 radical (unpaired) electrons. The van der Waals surface area contributed by atoms with Crippen molar-refractivity contribution in [2.45, 2.75) is 26.3 Å². The minimum absolute atomic E-state index is 0.375. The maximum atomic E-state index is 3.82. The Morgan fingerprint density at radius 2 is 2.33 bits per heavy atom. The molecule has 0 aliphatic rings. The third kappa shape index (κ3) is 2.58. The quantitative estimate of drug-likeness (QED) is 0.735. The van der Waals surface area contributed by atoms with Gasteiger partial charge in [-0.25, -0.2) is 0 Å². The van der Waals surface area contributed by atoms with Crippen molar-refractivity contribution in [2.24, 2.45) is 0 Å². The van der Waals surface area contributed by atoms with Gasteiger partial charge in [-0.2, -0.15) is 10.2 Å². The Bertz CT molecular complexity index is 210. The summed E-state index contributed by atoms with van der Waals surface area (Å²) in [6.45, 7) is 5.33. The lowest BCUT2D eigenvalue weighted by Crippen LogP contribution is -2.19. The summed E-state index contributed by atoms with van der Waals surface area (Å²) in [5, 5.41) is 10.9. The molecule has 0 aliphatic carbocycles. The number of aromatic nitrogens is 2. The summed E-state index contributed by atoms with van der Waals surface area (Å²) in [6, 6.07) is 2.36. The minimum Gasteiger partial charge on any atom is -0.310 e. The maximum absolute atomic E-state index is 3.82. The zero-order valence-corrected chi connectivity index (χ0v) is 7.62. The third-order valence-electron chi connectivity index (χ3n) is 1.81. The molecule has 1 heterocycles. The van der Waals surface area contributed by atoms with Crippen LogP contribution in [0, 0.1) is 0 Å². The van der Waals surface area contributed by atoms with Gasteiger partial charge >= 0.3 is 0 Å². The van der Waals surface area contributed by atoms with E-state index in [1.54, 1.807) is 12.4 Å². The maximum Gasteiger partial charge on any atom is 0.0543 e. The van der Waals surface area contributed by atoms with E-state index in [1.807, 2.05) is 6.07 Å². The first-order valence-electron chi connectivity index (χ1n) is 4.34. The Balaban J connectivity index is 2.48. The molecular weight excluding hydrogens is 150 g/mol. The lowest BCUT2D eigenvalue weighted by molar-refractivity contribution is 0.567. The molecule has 1 aromatic rings. The van der Waals surface area contributed by atoms with E-state index in [1.165, 1.54) is 5.56 Å². The molecule has 0 amide bonds. The van der Waals surface area contributed by atoms with Gasteiger partial charge in [0, 0.05) is 12.2 Å². The molecule has 66 valence electrons. The van der Waals surface area contributed by atoms with Gasteiger partial charge in [0.15, 0.2) is 0 Å². The molecule has 0 bridgehead atoms. The van der Waals surface area contributed by atoms with Crippen LogP contribution in [0.3, 0.4) is 0 Å². The number of hydrogen-bond acceptors (Lipinski definition) is 3. The molecule has 0 aromatic carbocycles. The molecule has 3 heteroatoms. The van der Waals surface area contributed by atoms with Crippen LogP contribution < -0.4 is 5.32 Å². The van der Waals surface area contributed by atoms with Crippen molar-refractivity contribution in [1.29, 1.82) is 0 Å². The average molecular weight is 165 g/mol.